The highest BCUT2D eigenvalue weighted by Crippen LogP contribution is 2.13. The SMILES string of the molecule is CCCCCCCCCCCCCCCCCCOCCOCCOCCOCCOCC(=O)OC(C)(C)C. The van der Waals surface area contributed by atoms with Crippen LogP contribution in [0.4, 0.5) is 0 Å². The maximum Gasteiger partial charge on any atom is 0.332 e. The zero-order valence-electron chi connectivity index (χ0n) is 26.2. The molecule has 0 rings (SSSR count). The third kappa shape index (κ3) is 35.2. The van der Waals surface area contributed by atoms with Gasteiger partial charge in [0.05, 0.1) is 52.9 Å². The predicted molar refractivity (Wildman–Crippen MR) is 159 cm³/mol. The van der Waals surface area contributed by atoms with Crippen molar-refractivity contribution in [2.45, 2.75) is 136 Å². The number of hydrogen-bond acceptors (Lipinski definition) is 7. The van der Waals surface area contributed by atoms with Gasteiger partial charge in [-0.1, -0.05) is 103 Å². The number of rotatable bonds is 31. The highest BCUT2D eigenvalue weighted by Gasteiger charge is 2.15. The molecule has 0 fully saturated rings. The van der Waals surface area contributed by atoms with E-state index in [4.69, 9.17) is 28.4 Å². The first-order valence-corrected chi connectivity index (χ1v) is 16.1. The molecule has 0 aromatic heterocycles. The molecule has 0 aromatic rings. The Morgan fingerprint density at radius 2 is 0.744 bits per heavy atom. The van der Waals surface area contributed by atoms with Gasteiger partial charge in [-0.25, -0.2) is 4.79 Å². The van der Waals surface area contributed by atoms with Gasteiger partial charge in [0, 0.05) is 6.61 Å². The van der Waals surface area contributed by atoms with Crippen LogP contribution in [0.5, 0.6) is 0 Å². The fourth-order valence-corrected chi connectivity index (χ4v) is 4.16. The van der Waals surface area contributed by atoms with Gasteiger partial charge in [-0.15, -0.1) is 0 Å². The van der Waals surface area contributed by atoms with Crippen molar-refractivity contribution in [1.82, 2.24) is 0 Å². The molecule has 0 amide bonds. The van der Waals surface area contributed by atoms with Crippen molar-refractivity contribution in [1.29, 1.82) is 0 Å². The number of hydrogen-bond donors (Lipinski definition) is 0. The number of carbonyl (C=O) groups excluding carboxylic acids is 1. The van der Waals surface area contributed by atoms with Crippen LogP contribution in [0.2, 0.25) is 0 Å². The lowest BCUT2D eigenvalue weighted by Crippen LogP contribution is -2.27. The van der Waals surface area contributed by atoms with E-state index in [1.54, 1.807) is 0 Å². The molecule has 7 nitrogen and oxygen atoms in total. The van der Waals surface area contributed by atoms with Crippen LogP contribution >= 0.6 is 0 Å². The van der Waals surface area contributed by atoms with Crippen molar-refractivity contribution in [3.8, 4) is 0 Å². The molecule has 234 valence electrons. The van der Waals surface area contributed by atoms with Crippen LogP contribution in [0, 0.1) is 0 Å². The summed E-state index contributed by atoms with van der Waals surface area (Å²) in [5.74, 6) is -0.364. The van der Waals surface area contributed by atoms with E-state index < -0.39 is 5.60 Å². The molecule has 0 aromatic carbocycles. The minimum Gasteiger partial charge on any atom is -0.458 e. The van der Waals surface area contributed by atoms with Gasteiger partial charge in [0.1, 0.15) is 12.2 Å². The number of esters is 1. The van der Waals surface area contributed by atoms with E-state index in [0.717, 1.165) is 13.0 Å². The summed E-state index contributed by atoms with van der Waals surface area (Å²) in [6.07, 6.45) is 22.2. The molecule has 39 heavy (non-hydrogen) atoms. The Balaban J connectivity index is 3.09. The molecule has 0 saturated carbocycles. The largest absolute Gasteiger partial charge is 0.458 e. The fraction of sp³-hybridized carbons (Fsp3) is 0.969. The van der Waals surface area contributed by atoms with Gasteiger partial charge in [0.15, 0.2) is 0 Å². The van der Waals surface area contributed by atoms with E-state index in [9.17, 15) is 4.79 Å². The van der Waals surface area contributed by atoms with Crippen LogP contribution in [0.3, 0.4) is 0 Å². The maximum absolute atomic E-state index is 11.5. The molecule has 7 heteroatoms. The summed E-state index contributed by atoms with van der Waals surface area (Å²) >= 11 is 0. The molecule has 0 unspecified atom stereocenters. The summed E-state index contributed by atoms with van der Waals surface area (Å²) < 4.78 is 32.4. The van der Waals surface area contributed by atoms with Crippen molar-refractivity contribution in [3.63, 3.8) is 0 Å². The molecule has 0 radical (unpaired) electrons. The van der Waals surface area contributed by atoms with Crippen LogP contribution in [-0.4, -0.2) is 77.6 Å². The highest BCUT2D eigenvalue weighted by atomic mass is 16.6. The second-order valence-corrected chi connectivity index (χ2v) is 11.4. The third-order valence-electron chi connectivity index (χ3n) is 6.27. The second-order valence-electron chi connectivity index (χ2n) is 11.4. The molecule has 0 heterocycles. The Bertz CT molecular complexity index is 493. The average molecular weight is 561 g/mol. The van der Waals surface area contributed by atoms with E-state index in [-0.39, 0.29) is 12.6 Å². The monoisotopic (exact) mass is 560 g/mol. The molecule has 0 aliphatic carbocycles. The first-order chi connectivity index (χ1) is 19.0. The van der Waals surface area contributed by atoms with Gasteiger partial charge in [-0.05, 0) is 27.2 Å². The van der Waals surface area contributed by atoms with Crippen LogP contribution < -0.4 is 0 Å². The van der Waals surface area contributed by atoms with Crippen LogP contribution in [-0.2, 0) is 33.2 Å². The highest BCUT2D eigenvalue weighted by molar-refractivity contribution is 5.71. The molecule has 0 N–H and O–H groups in total. The van der Waals surface area contributed by atoms with Crippen molar-refractivity contribution in [3.05, 3.63) is 0 Å². The zero-order chi connectivity index (χ0) is 28.7. The summed E-state index contributed by atoms with van der Waals surface area (Å²) in [6.45, 7) is 12.6. The topological polar surface area (TPSA) is 72.5 Å². The van der Waals surface area contributed by atoms with Crippen molar-refractivity contribution < 1.29 is 33.2 Å². The summed E-state index contributed by atoms with van der Waals surface area (Å²) in [4.78, 5) is 11.5. The smallest absolute Gasteiger partial charge is 0.332 e. The Labute approximate surface area is 241 Å². The first kappa shape index (κ1) is 38.3. The van der Waals surface area contributed by atoms with E-state index in [1.807, 2.05) is 20.8 Å². The lowest BCUT2D eigenvalue weighted by Gasteiger charge is -2.19. The van der Waals surface area contributed by atoms with Crippen molar-refractivity contribution >= 4 is 5.97 Å². The van der Waals surface area contributed by atoms with Gasteiger partial charge in [0.2, 0.25) is 0 Å². The Kier molecular flexibility index (Phi) is 29.7. The Morgan fingerprint density at radius 1 is 0.436 bits per heavy atom. The van der Waals surface area contributed by atoms with E-state index >= 15 is 0 Å². The summed E-state index contributed by atoms with van der Waals surface area (Å²) in [7, 11) is 0. The van der Waals surface area contributed by atoms with Crippen LogP contribution in [0.25, 0.3) is 0 Å². The first-order valence-electron chi connectivity index (χ1n) is 16.1. The Hall–Kier alpha value is -0.730. The quantitative estimate of drug-likeness (QED) is 0.0636. The van der Waals surface area contributed by atoms with Gasteiger partial charge >= 0.3 is 5.97 Å². The van der Waals surface area contributed by atoms with Gasteiger partial charge in [0.25, 0.3) is 0 Å². The van der Waals surface area contributed by atoms with E-state index in [2.05, 4.69) is 6.92 Å². The zero-order valence-corrected chi connectivity index (χ0v) is 26.2. The van der Waals surface area contributed by atoms with Crippen molar-refractivity contribution in [2.75, 3.05) is 66.1 Å². The summed E-state index contributed by atoms with van der Waals surface area (Å²) in [5, 5.41) is 0. The third-order valence-corrected chi connectivity index (χ3v) is 6.27. The molecular weight excluding hydrogens is 496 g/mol. The van der Waals surface area contributed by atoms with Gasteiger partial charge in [-0.3, -0.25) is 0 Å². The molecule has 0 spiro atoms. The maximum atomic E-state index is 11.5. The fourth-order valence-electron chi connectivity index (χ4n) is 4.16. The van der Waals surface area contributed by atoms with Crippen LogP contribution in [0.15, 0.2) is 0 Å². The van der Waals surface area contributed by atoms with E-state index in [1.165, 1.54) is 96.3 Å². The lowest BCUT2D eigenvalue weighted by molar-refractivity contribution is -0.160. The molecule has 0 saturated heterocycles. The van der Waals surface area contributed by atoms with E-state index in [0.29, 0.717) is 52.9 Å². The molecule has 0 bridgehead atoms. The average Bonchev–Trinajstić information content (AvgIpc) is 2.88. The number of carbonyl (C=O) groups is 1. The summed E-state index contributed by atoms with van der Waals surface area (Å²) in [6, 6.07) is 0. The number of unbranched alkanes of at least 4 members (excludes halogenated alkanes) is 15. The minimum atomic E-state index is -0.490. The van der Waals surface area contributed by atoms with Crippen molar-refractivity contribution in [2.24, 2.45) is 0 Å². The van der Waals surface area contributed by atoms with Crippen LogP contribution in [0.1, 0.15) is 130 Å². The minimum absolute atomic E-state index is 0.0578. The van der Waals surface area contributed by atoms with Gasteiger partial charge in [-0.2, -0.15) is 0 Å². The Morgan fingerprint density at radius 3 is 1.10 bits per heavy atom. The molecule has 0 aliphatic heterocycles. The second kappa shape index (κ2) is 30.2. The predicted octanol–water partition coefficient (Wildman–Crippen LogP) is 7.67. The van der Waals surface area contributed by atoms with Gasteiger partial charge < -0.3 is 28.4 Å². The standard InChI is InChI=1S/C32H64O7/c1-5-6-7-8-9-10-11-12-13-14-15-16-17-18-19-20-21-34-22-23-35-24-25-36-26-27-37-28-29-38-30-31(33)39-32(2,3)4/h5-30H2,1-4H3. The molecule has 0 aliphatic rings. The normalized spacial score (nSPS) is 11.8. The number of ether oxygens (including phenoxy) is 6. The summed E-state index contributed by atoms with van der Waals surface area (Å²) in [5.41, 5.74) is -0.490. The molecular formula is C32H64O7. The molecule has 0 atom stereocenters. The lowest BCUT2D eigenvalue weighted by atomic mass is 10.0.